The number of ether oxygens (including phenoxy) is 3. The predicted molar refractivity (Wildman–Crippen MR) is 500 cm³/mol. The van der Waals surface area contributed by atoms with Crippen LogP contribution >= 0.6 is 15.6 Å². The number of phosphoric acid groups is 2. The van der Waals surface area contributed by atoms with Gasteiger partial charge in [-0.25, -0.2) is 9.13 Å². The molecule has 682 valence electrons. The maximum atomic E-state index is 13.1. The van der Waals surface area contributed by atoms with Gasteiger partial charge in [-0.2, -0.15) is 0 Å². The van der Waals surface area contributed by atoms with Gasteiger partial charge in [0.05, 0.1) is 26.4 Å². The van der Waals surface area contributed by atoms with Crippen molar-refractivity contribution in [2.45, 2.75) is 411 Å². The van der Waals surface area contributed by atoms with Gasteiger partial charge >= 0.3 is 33.6 Å². The van der Waals surface area contributed by atoms with E-state index in [-0.39, 0.29) is 19.3 Å². The summed E-state index contributed by atoms with van der Waals surface area (Å²) in [5.41, 5.74) is 0. The first-order valence-corrected chi connectivity index (χ1v) is 50.4. The molecule has 0 saturated carbocycles. The number of rotatable bonds is 89. The molecule has 0 radical (unpaired) electrons. The van der Waals surface area contributed by atoms with Crippen LogP contribution in [-0.2, 0) is 55.8 Å². The maximum Gasteiger partial charge on any atom is 0.472 e. The molecule has 0 rings (SSSR count). The van der Waals surface area contributed by atoms with Crippen molar-refractivity contribution in [1.29, 1.82) is 0 Å². The van der Waals surface area contributed by atoms with Gasteiger partial charge < -0.3 is 34.2 Å². The number of esters is 3. The lowest BCUT2D eigenvalue weighted by Crippen LogP contribution is -2.30. The molecule has 0 aliphatic rings. The van der Waals surface area contributed by atoms with Gasteiger partial charge in [-0.1, -0.05) is 390 Å². The van der Waals surface area contributed by atoms with E-state index in [2.05, 4.69) is 191 Å². The lowest BCUT2D eigenvalue weighted by atomic mass is 10.0. The summed E-state index contributed by atoms with van der Waals surface area (Å²) < 4.78 is 61.5. The first kappa shape index (κ1) is 114. The van der Waals surface area contributed by atoms with Crippen molar-refractivity contribution in [2.75, 3.05) is 39.6 Å². The van der Waals surface area contributed by atoms with Crippen LogP contribution in [0.1, 0.15) is 393 Å². The minimum Gasteiger partial charge on any atom is -0.463 e. The van der Waals surface area contributed by atoms with Crippen LogP contribution in [0.15, 0.2) is 170 Å². The summed E-state index contributed by atoms with van der Waals surface area (Å²) in [6.07, 6.45) is 120. The van der Waals surface area contributed by atoms with E-state index in [1.54, 1.807) is 0 Å². The molecule has 0 aromatic rings. The summed E-state index contributed by atoms with van der Waals surface area (Å²) in [4.78, 5) is 59.0. The summed E-state index contributed by atoms with van der Waals surface area (Å²) >= 11 is 0. The third-order valence-corrected chi connectivity index (χ3v) is 21.8. The quantitative estimate of drug-likeness (QED) is 0.0146. The first-order valence-electron chi connectivity index (χ1n) is 47.4. The Balaban J connectivity index is 4.52. The zero-order chi connectivity index (χ0) is 86.5. The van der Waals surface area contributed by atoms with Gasteiger partial charge in [0.15, 0.2) is 6.10 Å². The van der Waals surface area contributed by atoms with Crippen molar-refractivity contribution >= 4 is 33.6 Å². The first-order chi connectivity index (χ1) is 58.2. The summed E-state index contributed by atoms with van der Waals surface area (Å²) in [6.45, 7) is 2.45. The van der Waals surface area contributed by atoms with E-state index >= 15 is 0 Å². The summed E-state index contributed by atoms with van der Waals surface area (Å²) in [5.74, 6) is -1.59. The molecule has 16 nitrogen and oxygen atoms in total. The number of phosphoric ester groups is 2. The maximum absolute atomic E-state index is 13.1. The van der Waals surface area contributed by atoms with E-state index in [4.69, 9.17) is 32.3 Å². The van der Waals surface area contributed by atoms with E-state index in [0.29, 0.717) is 19.3 Å². The highest BCUT2D eigenvalue weighted by Gasteiger charge is 2.30. The number of carbonyl (C=O) groups is 3. The highest BCUT2D eigenvalue weighted by Crippen LogP contribution is 2.45. The molecule has 18 heteroatoms. The van der Waals surface area contributed by atoms with Crippen molar-refractivity contribution in [1.82, 2.24) is 0 Å². The van der Waals surface area contributed by atoms with Crippen LogP contribution in [-0.4, -0.2) is 95.9 Å². The van der Waals surface area contributed by atoms with Crippen molar-refractivity contribution < 1.29 is 75.8 Å². The molecule has 0 aromatic heterocycles. The number of allylic oxidation sites excluding steroid dienone is 28. The van der Waals surface area contributed by atoms with E-state index < -0.39 is 91.5 Å². The standard InChI is InChI=1S/C101H172O16P2/c1-4-7-10-13-16-19-22-25-28-31-34-36-38-40-42-44-45-46-47-48-49-51-53-54-56-58-61-63-66-69-72-75-78-81-84-87-99(104)111-90-96(102)91-113-118(107,108)114-92-97(103)93-115-119(109,110)116-95-98(117-101(106)89-86-83-80-77-74-71-68-65-60-33-30-27-24-21-18-15-12-9-6-3)94-112-100(105)88-85-82-79-76-73-70-67-64-62-59-57-55-52-50-43-41-39-37-35-32-29-26-23-20-17-14-11-8-5-2/h8-9,11-12,16-21,25-30,34-37,40-43,52,55,60,65,96-98,102-103H,4-7,10,13-15,22-24,31-33,38-39,44-51,53-54,56-59,61-64,66-95H2,1-3H3,(H,107,108)(H,109,110)/b11-8-,12-9-,19-16-,20-17-,21-18-,28-25-,29-26-,30-27-,36-34-,37-35-,42-40-,43-41-,55-52-,65-60-. The fourth-order valence-electron chi connectivity index (χ4n) is 12.8. The Morgan fingerprint density at radius 3 is 0.706 bits per heavy atom. The summed E-state index contributed by atoms with van der Waals surface area (Å²) in [7, 11) is -9.82. The Hall–Kier alpha value is -5.09. The van der Waals surface area contributed by atoms with Crippen LogP contribution in [0.3, 0.4) is 0 Å². The number of aliphatic hydroxyl groups is 2. The van der Waals surface area contributed by atoms with E-state index in [1.807, 2.05) is 0 Å². The van der Waals surface area contributed by atoms with Crippen molar-refractivity contribution in [3.63, 3.8) is 0 Å². The van der Waals surface area contributed by atoms with Gasteiger partial charge in [0.1, 0.15) is 25.4 Å². The molecule has 0 aromatic carbocycles. The average molecular weight is 1700 g/mol. The molecule has 119 heavy (non-hydrogen) atoms. The Morgan fingerprint density at radius 2 is 0.445 bits per heavy atom. The Morgan fingerprint density at radius 1 is 0.244 bits per heavy atom. The topological polar surface area (TPSA) is 231 Å². The molecule has 5 atom stereocenters. The monoisotopic (exact) mass is 1700 g/mol. The number of unbranched alkanes of at least 4 members (excludes halogenated alkanes) is 38. The number of hydrogen-bond acceptors (Lipinski definition) is 14. The molecule has 0 spiro atoms. The Bertz CT molecular complexity index is 2840. The molecule has 0 bridgehead atoms. The Labute approximate surface area is 726 Å². The van der Waals surface area contributed by atoms with E-state index in [1.165, 1.54) is 161 Å². The van der Waals surface area contributed by atoms with Gasteiger partial charge in [0.2, 0.25) is 0 Å². The molecule has 0 saturated heterocycles. The zero-order valence-electron chi connectivity index (χ0n) is 75.2. The van der Waals surface area contributed by atoms with Crippen LogP contribution in [0.25, 0.3) is 0 Å². The van der Waals surface area contributed by atoms with Gasteiger partial charge in [-0.15, -0.1) is 0 Å². The normalized spacial score (nSPS) is 14.5. The van der Waals surface area contributed by atoms with E-state index in [9.17, 15) is 43.5 Å². The minimum atomic E-state index is -4.95. The van der Waals surface area contributed by atoms with Crippen LogP contribution < -0.4 is 0 Å². The van der Waals surface area contributed by atoms with Crippen molar-refractivity contribution in [3.8, 4) is 0 Å². The average Bonchev–Trinajstić information content (AvgIpc) is 0.902. The minimum absolute atomic E-state index is 0.0830. The summed E-state index contributed by atoms with van der Waals surface area (Å²) in [5, 5.41) is 20.7. The lowest BCUT2D eigenvalue weighted by molar-refractivity contribution is -0.161. The second-order valence-corrected chi connectivity index (χ2v) is 34.3. The van der Waals surface area contributed by atoms with Crippen LogP contribution in [0, 0.1) is 0 Å². The largest absolute Gasteiger partial charge is 0.472 e. The molecule has 5 unspecified atom stereocenters. The second kappa shape index (κ2) is 92.1. The number of aliphatic hydroxyl groups excluding tert-OH is 2. The highest BCUT2D eigenvalue weighted by atomic mass is 31.2. The molecule has 4 N–H and O–H groups in total. The molecular weight excluding hydrogens is 1530 g/mol. The predicted octanol–water partition coefficient (Wildman–Crippen LogP) is 29.4. The molecular formula is C101H172O16P2. The highest BCUT2D eigenvalue weighted by molar-refractivity contribution is 7.47. The van der Waals surface area contributed by atoms with Crippen LogP contribution in [0.5, 0.6) is 0 Å². The molecule has 0 fully saturated rings. The third-order valence-electron chi connectivity index (χ3n) is 19.9. The fraction of sp³-hybridized carbons (Fsp3) is 0.693. The SMILES string of the molecule is CC/C=C\C/C=C\C/C=C\C/C=C\C/C=C\C/C=C\CCCCCCCCCCCCC(=O)OCC(COP(=O)(O)OCC(O)COP(=O)(O)OCC(O)COC(=O)CCCCCCCCCCCCCCCCCCCCC/C=C\C/C=C\C/C=C\C/C=C\CCCCC)OC(=O)CCCCCCCC/C=C\C/C=C\C/C=C\C/C=C\CC. The van der Waals surface area contributed by atoms with Crippen LogP contribution in [0.4, 0.5) is 0 Å². The van der Waals surface area contributed by atoms with Crippen LogP contribution in [0.2, 0.25) is 0 Å². The second-order valence-electron chi connectivity index (χ2n) is 31.4. The zero-order valence-corrected chi connectivity index (χ0v) is 77.0. The van der Waals surface area contributed by atoms with E-state index in [0.717, 1.165) is 173 Å². The summed E-state index contributed by atoms with van der Waals surface area (Å²) in [6, 6.07) is 0. The van der Waals surface area contributed by atoms with Gasteiger partial charge in [0, 0.05) is 19.3 Å². The fourth-order valence-corrected chi connectivity index (χ4v) is 14.4. The van der Waals surface area contributed by atoms with Gasteiger partial charge in [-0.05, 0) is 154 Å². The molecule has 0 amide bonds. The number of hydrogen-bond donors (Lipinski definition) is 4. The van der Waals surface area contributed by atoms with Crippen molar-refractivity contribution in [2.24, 2.45) is 0 Å². The molecule has 0 aliphatic carbocycles. The van der Waals surface area contributed by atoms with Gasteiger partial charge in [-0.3, -0.25) is 32.5 Å². The number of carbonyl (C=O) groups excluding carboxylic acids is 3. The van der Waals surface area contributed by atoms with Crippen molar-refractivity contribution in [3.05, 3.63) is 170 Å². The molecule has 0 aliphatic heterocycles. The lowest BCUT2D eigenvalue weighted by Gasteiger charge is -2.21. The third kappa shape index (κ3) is 93.5. The molecule has 0 heterocycles. The Kier molecular flexibility index (Phi) is 88.2. The smallest absolute Gasteiger partial charge is 0.463 e. The van der Waals surface area contributed by atoms with Gasteiger partial charge in [0.25, 0.3) is 0 Å².